The van der Waals surface area contributed by atoms with Gasteiger partial charge in [0, 0.05) is 44.2 Å². The molecular formula is C19H24N4O3. The maximum atomic E-state index is 12.8. The number of benzene rings is 1. The Bertz CT molecular complexity index is 763. The number of rotatable bonds is 4. The lowest BCUT2D eigenvalue weighted by Gasteiger charge is -2.29. The summed E-state index contributed by atoms with van der Waals surface area (Å²) in [4.78, 5) is 40.3. The van der Waals surface area contributed by atoms with Crippen LogP contribution in [0.1, 0.15) is 40.7 Å². The normalized spacial score (nSPS) is 26.3. The third-order valence-corrected chi connectivity index (χ3v) is 5.68. The molecule has 26 heavy (non-hydrogen) atoms. The van der Waals surface area contributed by atoms with Crippen LogP contribution in [0.15, 0.2) is 18.2 Å². The van der Waals surface area contributed by atoms with Gasteiger partial charge >= 0.3 is 0 Å². The molecule has 0 saturated carbocycles. The average molecular weight is 356 g/mol. The molecular weight excluding hydrogens is 332 g/mol. The van der Waals surface area contributed by atoms with E-state index in [9.17, 15) is 14.4 Å². The van der Waals surface area contributed by atoms with Crippen LogP contribution in [0.4, 0.5) is 0 Å². The van der Waals surface area contributed by atoms with Crippen LogP contribution in [0.25, 0.3) is 0 Å². The molecule has 0 radical (unpaired) electrons. The Kier molecular flexibility index (Phi) is 4.50. The molecule has 0 aliphatic carbocycles. The highest BCUT2D eigenvalue weighted by atomic mass is 16.2. The molecule has 3 amide bonds. The molecule has 2 unspecified atom stereocenters. The van der Waals surface area contributed by atoms with Gasteiger partial charge < -0.3 is 10.2 Å². The molecule has 2 saturated heterocycles. The Hall–Kier alpha value is -2.25. The Labute approximate surface area is 152 Å². The number of nitrogens with one attached hydrogen (secondary N) is 2. The smallest absolute Gasteiger partial charge is 0.255 e. The molecule has 1 aromatic carbocycles. The third-order valence-electron chi connectivity index (χ3n) is 5.68. The fourth-order valence-corrected chi connectivity index (χ4v) is 4.17. The number of nitrogens with zero attached hydrogens (tertiary/aromatic N) is 2. The zero-order chi connectivity index (χ0) is 18.3. The van der Waals surface area contributed by atoms with E-state index in [1.807, 2.05) is 19.2 Å². The van der Waals surface area contributed by atoms with Crippen LogP contribution in [0.5, 0.6) is 0 Å². The van der Waals surface area contributed by atoms with Gasteiger partial charge in [-0.2, -0.15) is 0 Å². The van der Waals surface area contributed by atoms with Crippen LogP contribution in [0, 0.1) is 0 Å². The summed E-state index contributed by atoms with van der Waals surface area (Å²) in [5.41, 5.74) is 2.77. The number of carbonyl (C=O) groups is 3. The van der Waals surface area contributed by atoms with Gasteiger partial charge in [-0.15, -0.1) is 0 Å². The third kappa shape index (κ3) is 3.12. The number of carbonyl (C=O) groups excluding carboxylic acids is 3. The summed E-state index contributed by atoms with van der Waals surface area (Å²) >= 11 is 0. The summed E-state index contributed by atoms with van der Waals surface area (Å²) in [6, 6.07) is 6.03. The van der Waals surface area contributed by atoms with Crippen molar-refractivity contribution in [1.29, 1.82) is 0 Å². The maximum Gasteiger partial charge on any atom is 0.255 e. The molecule has 0 spiro atoms. The van der Waals surface area contributed by atoms with Crippen molar-refractivity contribution in [2.24, 2.45) is 0 Å². The first-order chi connectivity index (χ1) is 12.5. The van der Waals surface area contributed by atoms with E-state index in [1.165, 1.54) is 0 Å². The Morgan fingerprint density at radius 2 is 2.08 bits per heavy atom. The van der Waals surface area contributed by atoms with Gasteiger partial charge in [-0.05, 0) is 37.1 Å². The van der Waals surface area contributed by atoms with Crippen molar-refractivity contribution in [3.05, 3.63) is 34.9 Å². The molecule has 2 fully saturated rings. The van der Waals surface area contributed by atoms with Crippen LogP contribution in [0.2, 0.25) is 0 Å². The van der Waals surface area contributed by atoms with Crippen molar-refractivity contribution >= 4 is 17.7 Å². The van der Waals surface area contributed by atoms with Gasteiger partial charge in [0.15, 0.2) is 0 Å². The summed E-state index contributed by atoms with van der Waals surface area (Å²) in [6.45, 7) is 3.34. The molecule has 0 aromatic heterocycles. The summed E-state index contributed by atoms with van der Waals surface area (Å²) in [5.74, 6) is -0.730. The Morgan fingerprint density at radius 3 is 2.81 bits per heavy atom. The molecule has 7 heteroatoms. The van der Waals surface area contributed by atoms with E-state index < -0.39 is 6.04 Å². The molecule has 2 atom stereocenters. The lowest BCUT2D eigenvalue weighted by molar-refractivity contribution is -0.136. The second-order valence-corrected chi connectivity index (χ2v) is 7.40. The second-order valence-electron chi connectivity index (χ2n) is 7.40. The van der Waals surface area contributed by atoms with Crippen molar-refractivity contribution in [3.63, 3.8) is 0 Å². The number of likely N-dealkylation sites (tertiary alicyclic amines) is 1. The average Bonchev–Trinajstić information content (AvgIpc) is 3.20. The van der Waals surface area contributed by atoms with E-state index in [2.05, 4.69) is 21.6 Å². The minimum Gasteiger partial charge on any atom is -0.322 e. The molecule has 138 valence electrons. The van der Waals surface area contributed by atoms with E-state index in [0.29, 0.717) is 24.6 Å². The quantitative estimate of drug-likeness (QED) is 0.756. The zero-order valence-electron chi connectivity index (χ0n) is 15.0. The molecule has 1 aromatic rings. The van der Waals surface area contributed by atoms with Crippen molar-refractivity contribution in [1.82, 2.24) is 20.4 Å². The van der Waals surface area contributed by atoms with Crippen LogP contribution in [-0.2, 0) is 22.7 Å². The van der Waals surface area contributed by atoms with Crippen molar-refractivity contribution in [2.45, 2.75) is 44.4 Å². The maximum absolute atomic E-state index is 12.8. The van der Waals surface area contributed by atoms with Gasteiger partial charge in [0.2, 0.25) is 11.8 Å². The summed E-state index contributed by atoms with van der Waals surface area (Å²) in [5, 5.41) is 5.65. The fraction of sp³-hybridized carbons (Fsp3) is 0.526. The van der Waals surface area contributed by atoms with Gasteiger partial charge in [-0.1, -0.05) is 12.1 Å². The van der Waals surface area contributed by atoms with E-state index in [0.717, 1.165) is 37.2 Å². The topological polar surface area (TPSA) is 81.8 Å². The zero-order valence-corrected chi connectivity index (χ0v) is 15.0. The second kappa shape index (κ2) is 6.81. The van der Waals surface area contributed by atoms with Gasteiger partial charge in [-0.3, -0.25) is 24.6 Å². The summed E-state index contributed by atoms with van der Waals surface area (Å²) < 4.78 is 0. The van der Waals surface area contributed by atoms with Crippen LogP contribution in [-0.4, -0.2) is 59.7 Å². The van der Waals surface area contributed by atoms with Gasteiger partial charge in [-0.25, -0.2) is 0 Å². The Balaban J connectivity index is 1.47. The van der Waals surface area contributed by atoms with E-state index >= 15 is 0 Å². The predicted octanol–water partition coefficient (Wildman–Crippen LogP) is 0.241. The largest absolute Gasteiger partial charge is 0.322 e. The monoisotopic (exact) mass is 356 g/mol. The fourth-order valence-electron chi connectivity index (χ4n) is 4.17. The van der Waals surface area contributed by atoms with Gasteiger partial charge in [0.1, 0.15) is 6.04 Å². The Morgan fingerprint density at radius 1 is 1.23 bits per heavy atom. The number of hydrogen-bond acceptors (Lipinski definition) is 5. The number of imide groups is 1. The molecule has 2 N–H and O–H groups in total. The van der Waals surface area contributed by atoms with Crippen molar-refractivity contribution < 1.29 is 14.4 Å². The lowest BCUT2D eigenvalue weighted by atomic mass is 10.0. The number of piperidine rings is 1. The molecule has 3 aliphatic rings. The van der Waals surface area contributed by atoms with Crippen LogP contribution < -0.4 is 10.6 Å². The minimum absolute atomic E-state index is 0.106. The number of fused-ring (bicyclic) bond motifs is 1. The van der Waals surface area contributed by atoms with Crippen molar-refractivity contribution in [2.75, 3.05) is 20.1 Å². The van der Waals surface area contributed by atoms with E-state index in [-0.39, 0.29) is 24.1 Å². The first kappa shape index (κ1) is 17.2. The lowest BCUT2D eigenvalue weighted by Crippen LogP contribution is -2.52. The molecule has 4 rings (SSSR count). The van der Waals surface area contributed by atoms with Crippen LogP contribution >= 0.6 is 0 Å². The standard InChI is InChI=1S/C19H24N4O3/c1-20-14-6-7-22(11-14)9-12-2-3-13-10-23(19(26)15(13)8-12)16-4-5-17(24)21-18(16)25/h2-3,8,14,16,20H,4-7,9-11H2,1H3,(H,21,24,25). The van der Waals surface area contributed by atoms with E-state index in [1.54, 1.807) is 4.90 Å². The number of likely N-dealkylation sites (N-methyl/N-ethyl adjacent to an activating group) is 1. The minimum atomic E-state index is -0.550. The van der Waals surface area contributed by atoms with Crippen molar-refractivity contribution in [3.8, 4) is 0 Å². The van der Waals surface area contributed by atoms with Crippen LogP contribution in [0.3, 0.4) is 0 Å². The van der Waals surface area contributed by atoms with Gasteiger partial charge in [0.25, 0.3) is 5.91 Å². The SMILES string of the molecule is CNC1CCN(Cc2ccc3c(c2)C(=O)N(C2CCC(=O)NC2=O)C3)C1. The summed E-state index contributed by atoms with van der Waals surface area (Å²) in [6.07, 6.45) is 1.82. The molecule has 0 bridgehead atoms. The predicted molar refractivity (Wildman–Crippen MR) is 95.2 cm³/mol. The van der Waals surface area contributed by atoms with Gasteiger partial charge in [0.05, 0.1) is 0 Å². The number of amides is 3. The highest BCUT2D eigenvalue weighted by molar-refractivity contribution is 6.05. The first-order valence-electron chi connectivity index (χ1n) is 9.21. The molecule has 3 aliphatic heterocycles. The summed E-state index contributed by atoms with van der Waals surface area (Å²) in [7, 11) is 1.99. The molecule has 3 heterocycles. The molecule has 7 nitrogen and oxygen atoms in total. The highest BCUT2D eigenvalue weighted by Crippen LogP contribution is 2.28. The first-order valence-corrected chi connectivity index (χ1v) is 9.21. The number of hydrogen-bond donors (Lipinski definition) is 2. The highest BCUT2D eigenvalue weighted by Gasteiger charge is 2.39. The van der Waals surface area contributed by atoms with E-state index in [4.69, 9.17) is 0 Å².